The number of thioether (sulfide) groups is 1. The van der Waals surface area contributed by atoms with Gasteiger partial charge in [-0.2, -0.15) is 0 Å². The lowest BCUT2D eigenvalue weighted by molar-refractivity contribution is 0.603. The van der Waals surface area contributed by atoms with Gasteiger partial charge in [-0.15, -0.1) is 11.8 Å². The second kappa shape index (κ2) is 5.43. The van der Waals surface area contributed by atoms with Gasteiger partial charge >= 0.3 is 0 Å². The van der Waals surface area contributed by atoms with Gasteiger partial charge in [0.15, 0.2) is 0 Å². The minimum atomic E-state index is -0.281. The maximum Gasteiger partial charge on any atom is 0.138 e. The van der Waals surface area contributed by atoms with E-state index in [0.717, 1.165) is 5.56 Å². The van der Waals surface area contributed by atoms with Crippen LogP contribution in [0.3, 0.4) is 0 Å². The van der Waals surface area contributed by atoms with Crippen LogP contribution >= 0.6 is 23.4 Å². The molecule has 2 aromatic rings. The van der Waals surface area contributed by atoms with E-state index < -0.39 is 0 Å². The van der Waals surface area contributed by atoms with E-state index in [0.29, 0.717) is 21.4 Å². The number of hydrogen-bond donors (Lipinski definition) is 1. The molecule has 0 spiro atoms. The van der Waals surface area contributed by atoms with Gasteiger partial charge in [0.1, 0.15) is 5.82 Å². The SMILES string of the molecule is Nc1ccc(SCc2cccc(Cl)c2)c(F)c1. The number of nitrogens with two attached hydrogens (primary N) is 1. The van der Waals surface area contributed by atoms with Crippen LogP contribution in [0.25, 0.3) is 0 Å². The van der Waals surface area contributed by atoms with Gasteiger partial charge in [-0.05, 0) is 35.9 Å². The summed E-state index contributed by atoms with van der Waals surface area (Å²) in [5.41, 5.74) is 7.00. The molecule has 0 radical (unpaired) electrons. The lowest BCUT2D eigenvalue weighted by atomic mass is 10.2. The first kappa shape index (κ1) is 12.3. The van der Waals surface area contributed by atoms with Crippen LogP contribution in [-0.2, 0) is 5.75 Å². The molecule has 4 heteroatoms. The minimum absolute atomic E-state index is 0.281. The summed E-state index contributed by atoms with van der Waals surface area (Å²) >= 11 is 7.31. The van der Waals surface area contributed by atoms with Crippen molar-refractivity contribution in [1.29, 1.82) is 0 Å². The van der Waals surface area contributed by atoms with Crippen LogP contribution in [0, 0.1) is 5.82 Å². The maximum absolute atomic E-state index is 13.5. The molecule has 0 aliphatic carbocycles. The van der Waals surface area contributed by atoms with Gasteiger partial charge in [0.05, 0.1) is 0 Å². The second-order valence-electron chi connectivity index (χ2n) is 3.61. The molecular formula is C13H11ClFNS. The monoisotopic (exact) mass is 267 g/mol. The molecule has 0 aliphatic rings. The van der Waals surface area contributed by atoms with Crippen molar-refractivity contribution in [3.05, 3.63) is 58.9 Å². The first-order valence-electron chi connectivity index (χ1n) is 5.07. The van der Waals surface area contributed by atoms with Crippen molar-refractivity contribution in [2.24, 2.45) is 0 Å². The van der Waals surface area contributed by atoms with Crippen LogP contribution < -0.4 is 5.73 Å². The fourth-order valence-corrected chi connectivity index (χ4v) is 2.50. The Labute approximate surface area is 109 Å². The molecule has 0 amide bonds. The number of halogens is 2. The highest BCUT2D eigenvalue weighted by atomic mass is 35.5. The molecule has 17 heavy (non-hydrogen) atoms. The molecule has 0 aromatic heterocycles. The summed E-state index contributed by atoms with van der Waals surface area (Å²) in [5.74, 6) is 0.401. The van der Waals surface area contributed by atoms with Crippen LogP contribution in [0.15, 0.2) is 47.4 Å². The largest absolute Gasteiger partial charge is 0.399 e. The molecule has 0 aliphatic heterocycles. The molecule has 1 nitrogen and oxygen atoms in total. The highest BCUT2D eigenvalue weighted by Crippen LogP contribution is 2.27. The number of benzene rings is 2. The number of anilines is 1. The van der Waals surface area contributed by atoms with E-state index in [-0.39, 0.29) is 5.82 Å². The zero-order valence-corrected chi connectivity index (χ0v) is 10.6. The third kappa shape index (κ3) is 3.38. The highest BCUT2D eigenvalue weighted by molar-refractivity contribution is 7.98. The van der Waals surface area contributed by atoms with Gasteiger partial charge < -0.3 is 5.73 Å². The molecule has 0 unspecified atom stereocenters. The summed E-state index contributed by atoms with van der Waals surface area (Å²) in [6.07, 6.45) is 0. The smallest absolute Gasteiger partial charge is 0.138 e. The van der Waals surface area contributed by atoms with Gasteiger partial charge in [-0.25, -0.2) is 4.39 Å². The van der Waals surface area contributed by atoms with Crippen molar-refractivity contribution < 1.29 is 4.39 Å². The molecule has 2 N–H and O–H groups in total. The van der Waals surface area contributed by atoms with Crippen molar-refractivity contribution in [3.8, 4) is 0 Å². The molecule has 0 saturated heterocycles. The number of nitrogen functional groups attached to an aromatic ring is 1. The van der Waals surface area contributed by atoms with E-state index in [1.54, 1.807) is 12.1 Å². The Hall–Kier alpha value is -1.19. The molecule has 0 atom stereocenters. The van der Waals surface area contributed by atoms with Gasteiger partial charge in [0.25, 0.3) is 0 Å². The molecule has 88 valence electrons. The predicted octanol–water partition coefficient (Wildman–Crippen LogP) is 4.35. The second-order valence-corrected chi connectivity index (χ2v) is 5.06. The zero-order chi connectivity index (χ0) is 12.3. The predicted molar refractivity (Wildman–Crippen MR) is 71.8 cm³/mol. The first-order chi connectivity index (χ1) is 8.15. The Bertz CT molecular complexity index is 531. The maximum atomic E-state index is 13.5. The number of rotatable bonds is 3. The molecule has 2 rings (SSSR count). The molecule has 0 bridgehead atoms. The molecule has 0 fully saturated rings. The summed E-state index contributed by atoms with van der Waals surface area (Å²) in [5, 5.41) is 0.695. The van der Waals surface area contributed by atoms with Crippen LogP contribution in [0.5, 0.6) is 0 Å². The fourth-order valence-electron chi connectivity index (χ4n) is 1.42. The highest BCUT2D eigenvalue weighted by Gasteiger charge is 2.03. The summed E-state index contributed by atoms with van der Waals surface area (Å²) in [6.45, 7) is 0. The Balaban J connectivity index is 2.07. The average Bonchev–Trinajstić information content (AvgIpc) is 2.28. The first-order valence-corrected chi connectivity index (χ1v) is 6.44. The fraction of sp³-hybridized carbons (Fsp3) is 0.0769. The van der Waals surface area contributed by atoms with E-state index >= 15 is 0 Å². The topological polar surface area (TPSA) is 26.0 Å². The summed E-state index contributed by atoms with van der Waals surface area (Å²) in [4.78, 5) is 0.596. The van der Waals surface area contributed by atoms with E-state index in [1.165, 1.54) is 17.8 Å². The van der Waals surface area contributed by atoms with Crippen LogP contribution in [0.4, 0.5) is 10.1 Å². The normalized spacial score (nSPS) is 10.5. The standard InChI is InChI=1S/C13H11ClFNS/c14-10-3-1-2-9(6-10)8-17-13-5-4-11(16)7-12(13)15/h1-7H,8,16H2. The van der Waals surface area contributed by atoms with E-state index in [4.69, 9.17) is 17.3 Å². The molecule has 2 aromatic carbocycles. The molecular weight excluding hydrogens is 257 g/mol. The Morgan fingerprint density at radius 3 is 2.71 bits per heavy atom. The van der Waals surface area contributed by atoms with Crippen molar-refractivity contribution in [1.82, 2.24) is 0 Å². The van der Waals surface area contributed by atoms with Gasteiger partial charge in [-0.1, -0.05) is 23.7 Å². The summed E-state index contributed by atoms with van der Waals surface area (Å²) in [7, 11) is 0. The Kier molecular flexibility index (Phi) is 3.92. The quantitative estimate of drug-likeness (QED) is 0.661. The Morgan fingerprint density at radius 1 is 1.18 bits per heavy atom. The summed E-state index contributed by atoms with van der Waals surface area (Å²) < 4.78 is 13.5. The Morgan fingerprint density at radius 2 is 2.00 bits per heavy atom. The van der Waals surface area contributed by atoms with E-state index in [2.05, 4.69) is 0 Å². The van der Waals surface area contributed by atoms with E-state index in [1.807, 2.05) is 24.3 Å². The average molecular weight is 268 g/mol. The summed E-state index contributed by atoms with van der Waals surface area (Å²) in [6, 6.07) is 12.3. The van der Waals surface area contributed by atoms with Crippen LogP contribution in [0.1, 0.15) is 5.56 Å². The van der Waals surface area contributed by atoms with Crippen LogP contribution in [-0.4, -0.2) is 0 Å². The van der Waals surface area contributed by atoms with Gasteiger partial charge in [0.2, 0.25) is 0 Å². The number of hydrogen-bond acceptors (Lipinski definition) is 2. The van der Waals surface area contributed by atoms with Crippen LogP contribution in [0.2, 0.25) is 5.02 Å². The third-order valence-electron chi connectivity index (χ3n) is 2.24. The zero-order valence-electron chi connectivity index (χ0n) is 8.99. The van der Waals surface area contributed by atoms with E-state index in [9.17, 15) is 4.39 Å². The van der Waals surface area contributed by atoms with Gasteiger partial charge in [0, 0.05) is 21.4 Å². The van der Waals surface area contributed by atoms with Crippen molar-refractivity contribution >= 4 is 29.1 Å². The minimum Gasteiger partial charge on any atom is -0.399 e. The van der Waals surface area contributed by atoms with Crippen molar-refractivity contribution in [3.63, 3.8) is 0 Å². The van der Waals surface area contributed by atoms with Gasteiger partial charge in [-0.3, -0.25) is 0 Å². The molecule has 0 saturated carbocycles. The lowest BCUT2D eigenvalue weighted by Gasteiger charge is -2.04. The lowest BCUT2D eigenvalue weighted by Crippen LogP contribution is -1.88. The van der Waals surface area contributed by atoms with Crippen molar-refractivity contribution in [2.45, 2.75) is 10.6 Å². The third-order valence-corrected chi connectivity index (χ3v) is 3.59. The molecule has 0 heterocycles. The van der Waals surface area contributed by atoms with Crippen molar-refractivity contribution in [2.75, 3.05) is 5.73 Å².